The third-order valence-electron chi connectivity index (χ3n) is 3.79. The summed E-state index contributed by atoms with van der Waals surface area (Å²) in [6.45, 7) is 2.09. The fourth-order valence-electron chi connectivity index (χ4n) is 2.50. The average molecular weight is 346 g/mol. The highest BCUT2D eigenvalue weighted by molar-refractivity contribution is 7.99. The summed E-state index contributed by atoms with van der Waals surface area (Å²) >= 11 is 1.77. The van der Waals surface area contributed by atoms with Crippen LogP contribution >= 0.6 is 11.8 Å². The Hall–Kier alpha value is -2.52. The number of benzene rings is 3. The molecule has 2 nitrogen and oxygen atoms in total. The second-order valence-corrected chi connectivity index (χ2v) is 7.19. The van der Waals surface area contributed by atoms with Gasteiger partial charge in [-0.25, -0.2) is 4.99 Å². The van der Waals surface area contributed by atoms with E-state index in [0.29, 0.717) is 0 Å². The number of rotatable bonds is 4. The first-order valence-corrected chi connectivity index (χ1v) is 9.10. The average Bonchev–Trinajstić information content (AvgIpc) is 2.63. The summed E-state index contributed by atoms with van der Waals surface area (Å²) < 4.78 is 0. The third kappa shape index (κ3) is 4.52. The molecule has 25 heavy (non-hydrogen) atoms. The summed E-state index contributed by atoms with van der Waals surface area (Å²) in [5.41, 5.74) is 3.35. The molecule has 0 fully saturated rings. The standard InChI is InChI=1S/C22H22N2S/c1-17-13-15-18(16-14-17)23-22(24(2)3)20-11-7-8-12-21(20)25-19-9-5-4-6-10-19/h4-16H,1-3H3. The van der Waals surface area contributed by atoms with E-state index in [2.05, 4.69) is 84.6 Å². The zero-order chi connectivity index (χ0) is 17.6. The highest BCUT2D eigenvalue weighted by atomic mass is 32.2. The summed E-state index contributed by atoms with van der Waals surface area (Å²) in [7, 11) is 4.08. The first-order valence-electron chi connectivity index (χ1n) is 8.28. The van der Waals surface area contributed by atoms with Crippen LogP contribution in [0.5, 0.6) is 0 Å². The molecule has 0 aliphatic heterocycles. The van der Waals surface area contributed by atoms with Crippen molar-refractivity contribution in [3.63, 3.8) is 0 Å². The maximum atomic E-state index is 4.90. The van der Waals surface area contributed by atoms with E-state index in [-0.39, 0.29) is 0 Å². The SMILES string of the molecule is Cc1ccc(N=C(c2ccccc2Sc2ccccc2)N(C)C)cc1. The largest absolute Gasteiger partial charge is 0.362 e. The lowest BCUT2D eigenvalue weighted by Crippen LogP contribution is -2.23. The lowest BCUT2D eigenvalue weighted by molar-refractivity contribution is 0.622. The lowest BCUT2D eigenvalue weighted by atomic mass is 10.2. The molecule has 0 aliphatic rings. The van der Waals surface area contributed by atoms with Crippen LogP contribution in [0.2, 0.25) is 0 Å². The fourth-order valence-corrected chi connectivity index (χ4v) is 3.46. The Kier molecular flexibility index (Phi) is 5.56. The second-order valence-electron chi connectivity index (χ2n) is 6.08. The van der Waals surface area contributed by atoms with Crippen molar-refractivity contribution < 1.29 is 0 Å². The molecule has 0 aliphatic carbocycles. The zero-order valence-corrected chi connectivity index (χ0v) is 15.6. The second kappa shape index (κ2) is 8.04. The van der Waals surface area contributed by atoms with Gasteiger partial charge < -0.3 is 4.90 Å². The van der Waals surface area contributed by atoms with Crippen LogP contribution in [0, 0.1) is 6.92 Å². The van der Waals surface area contributed by atoms with Gasteiger partial charge in [0.2, 0.25) is 0 Å². The predicted octanol–water partition coefficient (Wildman–Crippen LogP) is 5.79. The molecule has 3 aromatic rings. The Morgan fingerprint density at radius 3 is 2.12 bits per heavy atom. The maximum absolute atomic E-state index is 4.90. The molecule has 0 radical (unpaired) electrons. The van der Waals surface area contributed by atoms with E-state index in [9.17, 15) is 0 Å². The summed E-state index contributed by atoms with van der Waals surface area (Å²) in [6, 6.07) is 27.2. The summed E-state index contributed by atoms with van der Waals surface area (Å²) in [6.07, 6.45) is 0. The molecule has 0 aromatic heterocycles. The Labute approximate surface area is 154 Å². The molecule has 0 saturated carbocycles. The van der Waals surface area contributed by atoms with Crippen molar-refractivity contribution in [2.75, 3.05) is 14.1 Å². The topological polar surface area (TPSA) is 15.6 Å². The van der Waals surface area contributed by atoms with Crippen molar-refractivity contribution in [2.24, 2.45) is 4.99 Å². The molecule has 0 atom stereocenters. The minimum Gasteiger partial charge on any atom is -0.362 e. The minimum atomic E-state index is 0.961. The van der Waals surface area contributed by atoms with Gasteiger partial charge in [-0.2, -0.15) is 0 Å². The van der Waals surface area contributed by atoms with E-state index in [1.54, 1.807) is 11.8 Å². The van der Waals surface area contributed by atoms with Crippen molar-refractivity contribution in [1.29, 1.82) is 0 Å². The summed E-state index contributed by atoms with van der Waals surface area (Å²) in [5.74, 6) is 0.961. The highest BCUT2D eigenvalue weighted by Gasteiger charge is 2.12. The fraction of sp³-hybridized carbons (Fsp3) is 0.136. The number of aliphatic imine (C=N–C) groups is 1. The van der Waals surface area contributed by atoms with Crippen LogP contribution in [0.15, 0.2) is 93.6 Å². The van der Waals surface area contributed by atoms with E-state index in [1.807, 2.05) is 20.2 Å². The molecule has 0 unspecified atom stereocenters. The van der Waals surface area contributed by atoms with E-state index in [1.165, 1.54) is 15.4 Å². The molecule has 0 bridgehead atoms. The van der Waals surface area contributed by atoms with Gasteiger partial charge in [0, 0.05) is 29.4 Å². The van der Waals surface area contributed by atoms with Crippen molar-refractivity contribution in [3.8, 4) is 0 Å². The summed E-state index contributed by atoms with van der Waals surface area (Å²) in [5, 5.41) is 0. The predicted molar refractivity (Wildman–Crippen MR) is 108 cm³/mol. The van der Waals surface area contributed by atoms with Crippen LogP contribution in [-0.4, -0.2) is 24.8 Å². The zero-order valence-electron chi connectivity index (χ0n) is 14.8. The number of hydrogen-bond donors (Lipinski definition) is 0. The van der Waals surface area contributed by atoms with Gasteiger partial charge in [-0.3, -0.25) is 0 Å². The van der Waals surface area contributed by atoms with Crippen molar-refractivity contribution in [3.05, 3.63) is 90.0 Å². The van der Waals surface area contributed by atoms with Crippen LogP contribution in [0.4, 0.5) is 5.69 Å². The van der Waals surface area contributed by atoms with E-state index >= 15 is 0 Å². The number of hydrogen-bond acceptors (Lipinski definition) is 2. The molecule has 0 N–H and O–H groups in total. The van der Waals surface area contributed by atoms with Gasteiger partial charge in [0.1, 0.15) is 5.84 Å². The van der Waals surface area contributed by atoms with E-state index in [0.717, 1.165) is 17.1 Å². The molecule has 3 aromatic carbocycles. The Bertz CT molecular complexity index is 853. The van der Waals surface area contributed by atoms with Crippen LogP contribution in [-0.2, 0) is 0 Å². The summed E-state index contributed by atoms with van der Waals surface area (Å²) in [4.78, 5) is 9.40. The van der Waals surface area contributed by atoms with Crippen molar-refractivity contribution in [1.82, 2.24) is 4.90 Å². The molecule has 0 amide bonds. The maximum Gasteiger partial charge on any atom is 0.137 e. The third-order valence-corrected chi connectivity index (χ3v) is 4.88. The quantitative estimate of drug-likeness (QED) is 0.439. The van der Waals surface area contributed by atoms with E-state index < -0.39 is 0 Å². The Balaban J connectivity index is 2.01. The normalized spacial score (nSPS) is 11.4. The molecule has 0 heterocycles. The van der Waals surface area contributed by atoms with Gasteiger partial charge in [0.05, 0.1) is 5.69 Å². The Morgan fingerprint density at radius 2 is 1.44 bits per heavy atom. The van der Waals surface area contributed by atoms with Crippen LogP contribution in [0.25, 0.3) is 0 Å². The van der Waals surface area contributed by atoms with Crippen LogP contribution in [0.3, 0.4) is 0 Å². The minimum absolute atomic E-state index is 0.961. The molecule has 0 spiro atoms. The van der Waals surface area contributed by atoms with Gasteiger partial charge in [-0.15, -0.1) is 0 Å². The van der Waals surface area contributed by atoms with Gasteiger partial charge in [-0.05, 0) is 37.3 Å². The Morgan fingerprint density at radius 1 is 0.800 bits per heavy atom. The van der Waals surface area contributed by atoms with E-state index in [4.69, 9.17) is 4.99 Å². The number of amidine groups is 1. The van der Waals surface area contributed by atoms with Crippen LogP contribution in [0.1, 0.15) is 11.1 Å². The van der Waals surface area contributed by atoms with Crippen LogP contribution < -0.4 is 0 Å². The van der Waals surface area contributed by atoms with Crippen molar-refractivity contribution in [2.45, 2.75) is 16.7 Å². The monoisotopic (exact) mass is 346 g/mol. The lowest BCUT2D eigenvalue weighted by Gasteiger charge is -2.19. The number of aryl methyl sites for hydroxylation is 1. The molecule has 3 heteroatoms. The molecular formula is C22H22N2S. The molecular weight excluding hydrogens is 324 g/mol. The number of nitrogens with zero attached hydrogens (tertiary/aromatic N) is 2. The van der Waals surface area contributed by atoms with Gasteiger partial charge in [-0.1, -0.05) is 65.9 Å². The molecule has 3 rings (SSSR count). The smallest absolute Gasteiger partial charge is 0.137 e. The molecule has 126 valence electrons. The first-order chi connectivity index (χ1) is 12.1. The molecule has 0 saturated heterocycles. The highest BCUT2D eigenvalue weighted by Crippen LogP contribution is 2.31. The van der Waals surface area contributed by atoms with Gasteiger partial charge >= 0.3 is 0 Å². The first kappa shape index (κ1) is 17.3. The van der Waals surface area contributed by atoms with Crippen molar-refractivity contribution >= 4 is 23.3 Å². The van der Waals surface area contributed by atoms with Gasteiger partial charge in [0.15, 0.2) is 0 Å². The van der Waals surface area contributed by atoms with Gasteiger partial charge in [0.25, 0.3) is 0 Å².